The van der Waals surface area contributed by atoms with Crippen LogP contribution in [0.25, 0.3) is 0 Å². The first kappa shape index (κ1) is 17.2. The highest BCUT2D eigenvalue weighted by atomic mass is 32.1. The summed E-state index contributed by atoms with van der Waals surface area (Å²) in [6.07, 6.45) is 0.233. The Bertz CT molecular complexity index is 826. The Balaban J connectivity index is 2.03. The number of para-hydroxylation sites is 1. The van der Waals surface area contributed by atoms with Crippen LogP contribution >= 0.6 is 11.3 Å². The van der Waals surface area contributed by atoms with Gasteiger partial charge in [-0.25, -0.2) is 0 Å². The molecule has 1 aromatic heterocycles. The zero-order chi connectivity index (χ0) is 18.0. The van der Waals surface area contributed by atoms with E-state index in [2.05, 4.69) is 0 Å². The standard InChI is InChI=1S/C19H19NO4S/c1-3-13(21)16-17(15-9-6-10-25-15)20(19(23)18(16)22)11-12-7-4-5-8-14(12)24-2/h4-10,17,22H,3,11H2,1-2H3. The van der Waals surface area contributed by atoms with Crippen LogP contribution in [0.15, 0.2) is 53.1 Å². The lowest BCUT2D eigenvalue weighted by Crippen LogP contribution is -2.30. The van der Waals surface area contributed by atoms with Crippen molar-refractivity contribution < 1.29 is 19.4 Å². The molecule has 2 aromatic rings. The Hall–Kier alpha value is -2.60. The summed E-state index contributed by atoms with van der Waals surface area (Å²) < 4.78 is 5.36. The number of Topliss-reactive ketones (excluding diaryl/α,β-unsaturated/α-hetero) is 1. The van der Waals surface area contributed by atoms with Gasteiger partial charge in [0.15, 0.2) is 11.5 Å². The van der Waals surface area contributed by atoms with E-state index in [1.165, 1.54) is 16.2 Å². The van der Waals surface area contributed by atoms with Crippen LogP contribution in [0.1, 0.15) is 29.8 Å². The third-order valence-corrected chi connectivity index (χ3v) is 5.20. The van der Waals surface area contributed by atoms with Crippen LogP contribution in [0, 0.1) is 0 Å². The quantitative estimate of drug-likeness (QED) is 0.857. The van der Waals surface area contributed by atoms with Gasteiger partial charge in [-0.3, -0.25) is 9.59 Å². The van der Waals surface area contributed by atoms with Crippen LogP contribution < -0.4 is 4.74 Å². The summed E-state index contributed by atoms with van der Waals surface area (Å²) in [5.74, 6) is -0.525. The lowest BCUT2D eigenvalue weighted by molar-refractivity contribution is -0.130. The first-order valence-electron chi connectivity index (χ1n) is 8.01. The molecule has 25 heavy (non-hydrogen) atoms. The van der Waals surface area contributed by atoms with Gasteiger partial charge in [0.25, 0.3) is 5.91 Å². The molecule has 1 N–H and O–H groups in total. The van der Waals surface area contributed by atoms with E-state index in [0.717, 1.165) is 10.4 Å². The highest BCUT2D eigenvalue weighted by Gasteiger charge is 2.43. The van der Waals surface area contributed by atoms with E-state index in [1.807, 2.05) is 41.8 Å². The predicted molar refractivity (Wildman–Crippen MR) is 95.6 cm³/mol. The Labute approximate surface area is 150 Å². The summed E-state index contributed by atoms with van der Waals surface area (Å²) in [5.41, 5.74) is 1.00. The summed E-state index contributed by atoms with van der Waals surface area (Å²) in [7, 11) is 1.57. The highest BCUT2D eigenvalue weighted by Crippen LogP contribution is 2.41. The Kier molecular flexibility index (Phi) is 4.90. The van der Waals surface area contributed by atoms with Crippen molar-refractivity contribution in [2.24, 2.45) is 0 Å². The normalized spacial score (nSPS) is 17.3. The number of ketones is 1. The molecule has 1 unspecified atom stereocenters. The van der Waals surface area contributed by atoms with Crippen molar-refractivity contribution >= 4 is 23.0 Å². The Morgan fingerprint density at radius 3 is 2.68 bits per heavy atom. The second kappa shape index (κ2) is 7.11. The van der Waals surface area contributed by atoms with E-state index in [1.54, 1.807) is 14.0 Å². The van der Waals surface area contributed by atoms with E-state index in [4.69, 9.17) is 4.74 Å². The fraction of sp³-hybridized carbons (Fsp3) is 0.263. The second-order valence-corrected chi connectivity index (χ2v) is 6.68. The molecule has 1 aromatic carbocycles. The first-order valence-corrected chi connectivity index (χ1v) is 8.89. The van der Waals surface area contributed by atoms with Gasteiger partial charge in [-0.2, -0.15) is 0 Å². The van der Waals surface area contributed by atoms with Crippen LogP contribution in [-0.4, -0.2) is 28.8 Å². The summed E-state index contributed by atoms with van der Waals surface area (Å²) in [6.45, 7) is 1.97. The molecule has 1 amide bonds. The topological polar surface area (TPSA) is 66.8 Å². The third-order valence-electron chi connectivity index (χ3n) is 4.27. The lowest BCUT2D eigenvalue weighted by Gasteiger charge is -2.26. The molecule has 0 fully saturated rings. The van der Waals surface area contributed by atoms with Crippen LogP contribution in [0.2, 0.25) is 0 Å². The minimum atomic E-state index is -0.565. The zero-order valence-corrected chi connectivity index (χ0v) is 14.9. The van der Waals surface area contributed by atoms with Gasteiger partial charge in [-0.1, -0.05) is 31.2 Å². The van der Waals surface area contributed by atoms with E-state index in [-0.39, 0.29) is 24.3 Å². The number of hydrogen-bond donors (Lipinski definition) is 1. The molecule has 1 aliphatic rings. The number of aliphatic hydroxyl groups is 1. The maximum absolute atomic E-state index is 12.7. The molecular weight excluding hydrogens is 338 g/mol. The average molecular weight is 357 g/mol. The molecule has 1 aliphatic heterocycles. The molecule has 0 saturated heterocycles. The molecule has 6 heteroatoms. The fourth-order valence-corrected chi connectivity index (χ4v) is 3.90. The number of methoxy groups -OCH3 is 1. The molecule has 5 nitrogen and oxygen atoms in total. The maximum Gasteiger partial charge on any atom is 0.290 e. The summed E-state index contributed by atoms with van der Waals surface area (Å²) in [6, 6.07) is 10.6. The molecule has 0 radical (unpaired) electrons. The number of thiophene rings is 1. The number of benzene rings is 1. The molecule has 0 saturated carbocycles. The van der Waals surface area contributed by atoms with E-state index in [0.29, 0.717) is 5.75 Å². The molecule has 2 heterocycles. The molecular formula is C19H19NO4S. The molecule has 0 bridgehead atoms. The van der Waals surface area contributed by atoms with Gasteiger partial charge in [-0.15, -0.1) is 11.3 Å². The highest BCUT2D eigenvalue weighted by molar-refractivity contribution is 7.10. The molecule has 0 aliphatic carbocycles. The van der Waals surface area contributed by atoms with Crippen LogP contribution in [-0.2, 0) is 16.1 Å². The van der Waals surface area contributed by atoms with Crippen molar-refractivity contribution in [3.63, 3.8) is 0 Å². The van der Waals surface area contributed by atoms with Gasteiger partial charge in [0, 0.05) is 16.9 Å². The van der Waals surface area contributed by atoms with Gasteiger partial charge in [0.2, 0.25) is 0 Å². The molecule has 1 atom stereocenters. The molecule has 3 rings (SSSR count). The van der Waals surface area contributed by atoms with Crippen molar-refractivity contribution in [1.29, 1.82) is 0 Å². The largest absolute Gasteiger partial charge is 0.503 e. The Morgan fingerprint density at radius 1 is 1.28 bits per heavy atom. The smallest absolute Gasteiger partial charge is 0.290 e. The number of carbonyl (C=O) groups excluding carboxylic acids is 2. The molecule has 0 spiro atoms. The molecule has 130 valence electrons. The van der Waals surface area contributed by atoms with E-state index < -0.39 is 17.7 Å². The first-order chi connectivity index (χ1) is 12.1. The number of ether oxygens (including phenoxy) is 1. The lowest BCUT2D eigenvalue weighted by atomic mass is 10.00. The SMILES string of the molecule is CCC(=O)C1=C(O)C(=O)N(Cc2ccccc2OC)C1c1cccs1. The van der Waals surface area contributed by atoms with Crippen molar-refractivity contribution in [3.05, 3.63) is 63.6 Å². The van der Waals surface area contributed by atoms with Gasteiger partial charge in [0.1, 0.15) is 5.75 Å². The second-order valence-electron chi connectivity index (χ2n) is 5.70. The van der Waals surface area contributed by atoms with Crippen molar-refractivity contribution in [2.45, 2.75) is 25.9 Å². The Morgan fingerprint density at radius 2 is 2.04 bits per heavy atom. The zero-order valence-electron chi connectivity index (χ0n) is 14.1. The monoisotopic (exact) mass is 357 g/mol. The number of nitrogens with zero attached hydrogens (tertiary/aromatic N) is 1. The minimum Gasteiger partial charge on any atom is -0.503 e. The van der Waals surface area contributed by atoms with Gasteiger partial charge in [0.05, 0.1) is 25.3 Å². The van der Waals surface area contributed by atoms with Gasteiger partial charge < -0.3 is 14.7 Å². The average Bonchev–Trinajstić information content (AvgIpc) is 3.24. The van der Waals surface area contributed by atoms with Crippen LogP contribution in [0.4, 0.5) is 0 Å². The third kappa shape index (κ3) is 3.05. The van der Waals surface area contributed by atoms with Crippen molar-refractivity contribution in [2.75, 3.05) is 7.11 Å². The number of rotatable bonds is 6. The van der Waals surface area contributed by atoms with Crippen LogP contribution in [0.5, 0.6) is 5.75 Å². The summed E-state index contributed by atoms with van der Waals surface area (Å²) in [4.78, 5) is 27.4. The van der Waals surface area contributed by atoms with Crippen LogP contribution in [0.3, 0.4) is 0 Å². The van der Waals surface area contributed by atoms with E-state index >= 15 is 0 Å². The van der Waals surface area contributed by atoms with E-state index in [9.17, 15) is 14.7 Å². The van der Waals surface area contributed by atoms with Crippen molar-refractivity contribution in [1.82, 2.24) is 4.90 Å². The van der Waals surface area contributed by atoms with Gasteiger partial charge >= 0.3 is 0 Å². The maximum atomic E-state index is 12.7. The number of carbonyl (C=O) groups is 2. The fourth-order valence-electron chi connectivity index (χ4n) is 3.05. The predicted octanol–water partition coefficient (Wildman–Crippen LogP) is 3.63. The minimum absolute atomic E-state index is 0.185. The van der Waals surface area contributed by atoms with Gasteiger partial charge in [-0.05, 0) is 17.5 Å². The summed E-state index contributed by atoms with van der Waals surface area (Å²) >= 11 is 1.46. The number of amides is 1. The van der Waals surface area contributed by atoms with Crippen molar-refractivity contribution in [3.8, 4) is 5.75 Å². The summed E-state index contributed by atoms with van der Waals surface area (Å²) in [5, 5.41) is 12.2. The number of hydrogen-bond acceptors (Lipinski definition) is 5. The number of aliphatic hydroxyl groups excluding tert-OH is 1.